The number of imidazole rings is 1. The van der Waals surface area contributed by atoms with Crippen molar-refractivity contribution >= 4 is 17.0 Å². The lowest BCUT2D eigenvalue weighted by Crippen LogP contribution is -1.88. The third-order valence-corrected chi connectivity index (χ3v) is 3.56. The molecule has 0 aliphatic heterocycles. The van der Waals surface area contributed by atoms with Gasteiger partial charge in [-0.15, -0.1) is 0 Å². The molecule has 0 radical (unpaired) electrons. The van der Waals surface area contributed by atoms with Gasteiger partial charge in [0.15, 0.2) is 0 Å². The molecular formula is C13H12N2S. The highest BCUT2D eigenvalue weighted by atomic mass is 32.1. The Labute approximate surface area is 98.2 Å². The third-order valence-electron chi connectivity index (χ3n) is 2.88. The maximum absolute atomic E-state index is 4.72. The zero-order chi connectivity index (χ0) is 11.1. The Morgan fingerprint density at radius 2 is 2.12 bits per heavy atom. The van der Waals surface area contributed by atoms with E-state index in [9.17, 15) is 0 Å². The van der Waals surface area contributed by atoms with E-state index in [2.05, 4.69) is 53.4 Å². The Morgan fingerprint density at radius 1 is 1.25 bits per heavy atom. The predicted molar refractivity (Wildman–Crippen MR) is 68.0 cm³/mol. The molecule has 3 rings (SSSR count). The van der Waals surface area contributed by atoms with Crippen LogP contribution >= 0.6 is 11.3 Å². The average Bonchev–Trinajstić information content (AvgIpc) is 2.88. The number of aryl methyl sites for hydroxylation is 2. The topological polar surface area (TPSA) is 17.3 Å². The van der Waals surface area contributed by atoms with Crippen molar-refractivity contribution in [3.8, 4) is 11.3 Å². The minimum absolute atomic E-state index is 1.06. The monoisotopic (exact) mass is 228 g/mol. The molecule has 2 nitrogen and oxygen atoms in total. The van der Waals surface area contributed by atoms with Gasteiger partial charge in [0.2, 0.25) is 0 Å². The molecule has 3 aromatic heterocycles. The van der Waals surface area contributed by atoms with E-state index >= 15 is 0 Å². The van der Waals surface area contributed by atoms with E-state index in [0.717, 1.165) is 11.3 Å². The van der Waals surface area contributed by atoms with E-state index in [0.29, 0.717) is 0 Å². The molecule has 16 heavy (non-hydrogen) atoms. The van der Waals surface area contributed by atoms with Crippen molar-refractivity contribution in [1.82, 2.24) is 9.38 Å². The first-order valence-corrected chi connectivity index (χ1v) is 6.18. The van der Waals surface area contributed by atoms with Crippen LogP contribution in [-0.4, -0.2) is 9.38 Å². The molecule has 3 heteroatoms. The summed E-state index contributed by atoms with van der Waals surface area (Å²) in [5.74, 6) is 0. The molecule has 3 heterocycles. The Kier molecular flexibility index (Phi) is 2.07. The van der Waals surface area contributed by atoms with Crippen molar-refractivity contribution in [2.45, 2.75) is 13.8 Å². The van der Waals surface area contributed by atoms with Gasteiger partial charge < -0.3 is 4.40 Å². The number of hydrogen-bond donors (Lipinski definition) is 0. The number of hydrogen-bond acceptors (Lipinski definition) is 2. The zero-order valence-corrected chi connectivity index (χ0v) is 10.1. The van der Waals surface area contributed by atoms with Crippen molar-refractivity contribution in [3.05, 3.63) is 46.4 Å². The maximum atomic E-state index is 4.72. The molecule has 80 valence electrons. The van der Waals surface area contributed by atoms with E-state index in [4.69, 9.17) is 4.98 Å². The largest absolute Gasteiger partial charge is 0.303 e. The summed E-state index contributed by atoms with van der Waals surface area (Å²) in [5, 5.41) is 4.23. The smallest absolute Gasteiger partial charge is 0.140 e. The Bertz CT molecular complexity index is 635. The Morgan fingerprint density at radius 3 is 2.81 bits per heavy atom. The van der Waals surface area contributed by atoms with Gasteiger partial charge in [0, 0.05) is 22.8 Å². The van der Waals surface area contributed by atoms with E-state index in [1.165, 1.54) is 16.8 Å². The third kappa shape index (κ3) is 1.28. The molecular weight excluding hydrogens is 216 g/mol. The maximum Gasteiger partial charge on any atom is 0.140 e. The second kappa shape index (κ2) is 3.46. The van der Waals surface area contributed by atoms with Crippen LogP contribution in [0.15, 0.2) is 35.2 Å². The van der Waals surface area contributed by atoms with Gasteiger partial charge in [-0.3, -0.25) is 0 Å². The standard InChI is InChI=1S/C13H12N2S/c1-9-4-3-6-15-10(2)12(14-13(9)15)11-5-7-16-8-11/h3-8H,1-2H3. The lowest BCUT2D eigenvalue weighted by molar-refractivity contribution is 1.10. The molecule has 0 bridgehead atoms. The van der Waals surface area contributed by atoms with Gasteiger partial charge in [-0.25, -0.2) is 4.98 Å². The second-order valence-electron chi connectivity index (χ2n) is 3.94. The molecule has 0 amide bonds. The first-order chi connectivity index (χ1) is 7.77. The summed E-state index contributed by atoms with van der Waals surface area (Å²) in [5.41, 5.74) is 5.78. The first kappa shape index (κ1) is 9.60. The lowest BCUT2D eigenvalue weighted by Gasteiger charge is -1.97. The van der Waals surface area contributed by atoms with Gasteiger partial charge in [0.05, 0.1) is 5.69 Å². The molecule has 0 saturated carbocycles. The van der Waals surface area contributed by atoms with Crippen LogP contribution in [0.3, 0.4) is 0 Å². The van der Waals surface area contributed by atoms with Crippen molar-refractivity contribution in [2.75, 3.05) is 0 Å². The SMILES string of the molecule is Cc1cccn2c(C)c(-c3ccsc3)nc12. The minimum atomic E-state index is 1.06. The van der Waals surface area contributed by atoms with Crippen LogP contribution in [0.1, 0.15) is 11.3 Å². The summed E-state index contributed by atoms with van der Waals surface area (Å²) in [4.78, 5) is 4.72. The summed E-state index contributed by atoms with van der Waals surface area (Å²) >= 11 is 1.71. The number of thiophene rings is 1. The van der Waals surface area contributed by atoms with Crippen LogP contribution in [0, 0.1) is 13.8 Å². The quantitative estimate of drug-likeness (QED) is 0.621. The average molecular weight is 228 g/mol. The normalized spacial score (nSPS) is 11.1. The van der Waals surface area contributed by atoms with Gasteiger partial charge in [-0.1, -0.05) is 6.07 Å². The van der Waals surface area contributed by atoms with Gasteiger partial charge in [-0.2, -0.15) is 11.3 Å². The number of nitrogens with zero attached hydrogens (tertiary/aromatic N) is 2. The van der Waals surface area contributed by atoms with Crippen LogP contribution in [-0.2, 0) is 0 Å². The molecule has 0 atom stereocenters. The molecule has 0 N–H and O–H groups in total. The molecule has 0 fully saturated rings. The zero-order valence-electron chi connectivity index (χ0n) is 9.27. The van der Waals surface area contributed by atoms with Gasteiger partial charge >= 0.3 is 0 Å². The molecule has 0 unspecified atom stereocenters. The van der Waals surface area contributed by atoms with Crippen LogP contribution in [0.2, 0.25) is 0 Å². The fraction of sp³-hybridized carbons (Fsp3) is 0.154. The van der Waals surface area contributed by atoms with Crippen LogP contribution in [0.4, 0.5) is 0 Å². The number of pyridine rings is 1. The number of rotatable bonds is 1. The van der Waals surface area contributed by atoms with Crippen LogP contribution in [0.25, 0.3) is 16.9 Å². The molecule has 0 saturated heterocycles. The fourth-order valence-electron chi connectivity index (χ4n) is 1.99. The molecule has 0 spiro atoms. The Balaban J connectivity index is 2.36. The van der Waals surface area contributed by atoms with Crippen LogP contribution < -0.4 is 0 Å². The van der Waals surface area contributed by atoms with Crippen LogP contribution in [0.5, 0.6) is 0 Å². The highest BCUT2D eigenvalue weighted by molar-refractivity contribution is 7.08. The molecule has 0 aromatic carbocycles. The summed E-state index contributed by atoms with van der Waals surface area (Å²) in [7, 11) is 0. The van der Waals surface area contributed by atoms with E-state index in [1.807, 2.05) is 0 Å². The van der Waals surface area contributed by atoms with Crippen molar-refractivity contribution in [3.63, 3.8) is 0 Å². The summed E-state index contributed by atoms with van der Waals surface area (Å²) in [6.07, 6.45) is 2.07. The lowest BCUT2D eigenvalue weighted by atomic mass is 10.2. The molecule has 0 aliphatic rings. The first-order valence-electron chi connectivity index (χ1n) is 5.24. The van der Waals surface area contributed by atoms with E-state index < -0.39 is 0 Å². The summed E-state index contributed by atoms with van der Waals surface area (Å²) in [6.45, 7) is 4.21. The number of aromatic nitrogens is 2. The number of fused-ring (bicyclic) bond motifs is 1. The highest BCUT2D eigenvalue weighted by Gasteiger charge is 2.11. The van der Waals surface area contributed by atoms with Gasteiger partial charge in [-0.05, 0) is 36.9 Å². The van der Waals surface area contributed by atoms with Gasteiger partial charge in [0.1, 0.15) is 5.65 Å². The fourth-order valence-corrected chi connectivity index (χ4v) is 2.64. The Hall–Kier alpha value is -1.61. The predicted octanol–water partition coefficient (Wildman–Crippen LogP) is 3.68. The van der Waals surface area contributed by atoms with Gasteiger partial charge in [0.25, 0.3) is 0 Å². The van der Waals surface area contributed by atoms with Crippen molar-refractivity contribution in [1.29, 1.82) is 0 Å². The van der Waals surface area contributed by atoms with Crippen molar-refractivity contribution in [2.24, 2.45) is 0 Å². The molecule has 3 aromatic rings. The van der Waals surface area contributed by atoms with E-state index in [1.54, 1.807) is 11.3 Å². The second-order valence-corrected chi connectivity index (χ2v) is 4.72. The van der Waals surface area contributed by atoms with E-state index in [-0.39, 0.29) is 0 Å². The van der Waals surface area contributed by atoms with Crippen molar-refractivity contribution < 1.29 is 0 Å². The minimum Gasteiger partial charge on any atom is -0.303 e. The summed E-state index contributed by atoms with van der Waals surface area (Å²) in [6, 6.07) is 6.28. The highest BCUT2D eigenvalue weighted by Crippen LogP contribution is 2.26. The summed E-state index contributed by atoms with van der Waals surface area (Å²) < 4.78 is 2.16. The molecule has 0 aliphatic carbocycles.